The third-order valence-electron chi connectivity index (χ3n) is 3.37. The smallest absolute Gasteiger partial charge is 0.133 e. The van der Waals surface area contributed by atoms with Crippen LogP contribution in [0.15, 0.2) is 41.5 Å². The molecule has 0 atom stereocenters. The molecule has 3 rings (SSSR count). The van der Waals surface area contributed by atoms with Gasteiger partial charge in [0.05, 0.1) is 22.1 Å². The zero-order valence-corrected chi connectivity index (χ0v) is 10.4. The van der Waals surface area contributed by atoms with Crippen LogP contribution in [0.2, 0.25) is 0 Å². The second-order valence-corrected chi connectivity index (χ2v) is 4.38. The summed E-state index contributed by atoms with van der Waals surface area (Å²) in [6.45, 7) is 0. The molecule has 0 amide bonds. The summed E-state index contributed by atoms with van der Waals surface area (Å²) in [5, 5.41) is 25.9. The van der Waals surface area contributed by atoms with Crippen LogP contribution in [0.3, 0.4) is 0 Å². The Morgan fingerprint density at radius 1 is 0.950 bits per heavy atom. The fourth-order valence-electron chi connectivity index (χ4n) is 2.46. The first-order valence-corrected chi connectivity index (χ1v) is 5.92. The van der Waals surface area contributed by atoms with E-state index in [1.165, 1.54) is 0 Å². The van der Waals surface area contributed by atoms with Gasteiger partial charge in [-0.2, -0.15) is 5.11 Å². The predicted molar refractivity (Wildman–Crippen MR) is 77.4 cm³/mol. The highest BCUT2D eigenvalue weighted by atomic mass is 16.3. The van der Waals surface area contributed by atoms with Crippen molar-refractivity contribution in [3.05, 3.63) is 36.4 Å². The molecule has 0 aromatic heterocycles. The molecule has 0 aliphatic carbocycles. The molecule has 0 saturated carbocycles. The predicted octanol–water partition coefficient (Wildman–Crippen LogP) is 3.35. The molecule has 0 spiro atoms. The van der Waals surface area contributed by atoms with Gasteiger partial charge in [0, 0.05) is 10.8 Å². The van der Waals surface area contributed by atoms with Crippen LogP contribution >= 0.6 is 0 Å². The Hall–Kier alpha value is -2.86. The number of aromatic hydroxyl groups is 2. The molecule has 0 aliphatic rings. The van der Waals surface area contributed by atoms with E-state index in [-0.39, 0.29) is 17.2 Å². The zero-order valence-electron chi connectivity index (χ0n) is 10.4. The monoisotopic (exact) mass is 268 g/mol. The van der Waals surface area contributed by atoms with Crippen molar-refractivity contribution in [2.75, 3.05) is 5.43 Å². The minimum absolute atomic E-state index is 0.00755. The summed E-state index contributed by atoms with van der Waals surface area (Å²) in [4.78, 5) is 0. The Kier molecular flexibility index (Phi) is 2.66. The first-order valence-electron chi connectivity index (χ1n) is 5.92. The van der Waals surface area contributed by atoms with Gasteiger partial charge in [0.25, 0.3) is 0 Å². The number of nitrogens with one attached hydrogen (secondary N) is 2. The van der Waals surface area contributed by atoms with Crippen LogP contribution in [0.1, 0.15) is 0 Å². The van der Waals surface area contributed by atoms with Crippen molar-refractivity contribution in [2.24, 2.45) is 11.0 Å². The molecule has 0 bridgehead atoms. The molecule has 3 aromatic carbocycles. The number of nitrogens with two attached hydrogens (primary N) is 1. The summed E-state index contributed by atoms with van der Waals surface area (Å²) >= 11 is 0. The molecule has 0 radical (unpaired) electrons. The lowest BCUT2D eigenvalue weighted by Crippen LogP contribution is -2.07. The van der Waals surface area contributed by atoms with E-state index in [9.17, 15) is 10.2 Å². The molecule has 100 valence electrons. The number of nitrogen functional groups attached to an aromatic ring is 1. The number of hydrogen-bond acceptors (Lipinski definition) is 6. The topological polar surface area (TPSA) is 115 Å². The van der Waals surface area contributed by atoms with E-state index >= 15 is 0 Å². The van der Waals surface area contributed by atoms with Crippen molar-refractivity contribution in [3.8, 4) is 11.5 Å². The zero-order chi connectivity index (χ0) is 14.3. The van der Waals surface area contributed by atoms with E-state index in [0.29, 0.717) is 27.2 Å². The summed E-state index contributed by atoms with van der Waals surface area (Å²) in [6.07, 6.45) is 0. The SMILES string of the molecule is N=Nc1ccc(NN)c2c(O)c3ccccc3c(O)c12. The second kappa shape index (κ2) is 4.36. The first kappa shape index (κ1) is 12.2. The Morgan fingerprint density at radius 2 is 1.55 bits per heavy atom. The van der Waals surface area contributed by atoms with E-state index in [0.717, 1.165) is 0 Å². The van der Waals surface area contributed by atoms with Gasteiger partial charge in [-0.3, -0.25) is 5.84 Å². The number of fused-ring (bicyclic) bond motifs is 2. The van der Waals surface area contributed by atoms with Crippen LogP contribution in [-0.4, -0.2) is 10.2 Å². The minimum Gasteiger partial charge on any atom is -0.507 e. The summed E-state index contributed by atoms with van der Waals surface area (Å²) in [5.74, 6) is 5.41. The molecule has 20 heavy (non-hydrogen) atoms. The van der Waals surface area contributed by atoms with E-state index in [1.807, 2.05) is 0 Å². The lowest BCUT2D eigenvalue weighted by atomic mass is 9.98. The van der Waals surface area contributed by atoms with Gasteiger partial charge in [0.1, 0.15) is 11.5 Å². The van der Waals surface area contributed by atoms with Crippen LogP contribution in [0.4, 0.5) is 11.4 Å². The van der Waals surface area contributed by atoms with Gasteiger partial charge in [0.15, 0.2) is 0 Å². The van der Waals surface area contributed by atoms with E-state index in [4.69, 9.17) is 11.4 Å². The fraction of sp³-hybridized carbons (Fsp3) is 0. The molecule has 0 saturated heterocycles. The average Bonchev–Trinajstić information content (AvgIpc) is 2.51. The van der Waals surface area contributed by atoms with Crippen LogP contribution in [0.5, 0.6) is 11.5 Å². The molecule has 6 heteroatoms. The van der Waals surface area contributed by atoms with E-state index in [2.05, 4.69) is 10.5 Å². The summed E-state index contributed by atoms with van der Waals surface area (Å²) in [7, 11) is 0. The second-order valence-electron chi connectivity index (χ2n) is 4.38. The Balaban J connectivity index is 2.67. The molecule has 6 N–H and O–H groups in total. The van der Waals surface area contributed by atoms with Crippen molar-refractivity contribution >= 4 is 32.9 Å². The number of nitrogens with zero attached hydrogens (tertiary/aromatic N) is 1. The van der Waals surface area contributed by atoms with Gasteiger partial charge in [-0.25, -0.2) is 5.53 Å². The number of benzene rings is 3. The number of rotatable bonds is 2. The number of phenolic OH excluding ortho intramolecular Hbond substituents is 2. The molecule has 6 nitrogen and oxygen atoms in total. The minimum atomic E-state index is -0.0310. The maximum absolute atomic E-state index is 10.5. The maximum atomic E-state index is 10.5. The van der Waals surface area contributed by atoms with Crippen molar-refractivity contribution in [1.29, 1.82) is 5.53 Å². The summed E-state index contributed by atoms with van der Waals surface area (Å²) < 4.78 is 0. The number of hydrogen-bond donors (Lipinski definition) is 5. The third kappa shape index (κ3) is 1.49. The number of phenols is 2. The highest BCUT2D eigenvalue weighted by Gasteiger charge is 2.18. The largest absolute Gasteiger partial charge is 0.507 e. The van der Waals surface area contributed by atoms with Crippen molar-refractivity contribution in [2.45, 2.75) is 0 Å². The van der Waals surface area contributed by atoms with Crippen LogP contribution < -0.4 is 11.3 Å². The molecule has 0 fully saturated rings. The van der Waals surface area contributed by atoms with Gasteiger partial charge < -0.3 is 15.6 Å². The standard InChI is InChI=1S/C14H12N4O2/c15-17-9-5-6-10(18-16)12-11(9)13(19)7-3-1-2-4-8(7)14(12)20/h1-6,15,18-20H,16H2. The molecule has 0 aliphatic heterocycles. The van der Waals surface area contributed by atoms with Crippen molar-refractivity contribution in [3.63, 3.8) is 0 Å². The van der Waals surface area contributed by atoms with E-state index < -0.39 is 0 Å². The Bertz CT molecular complexity index is 846. The van der Waals surface area contributed by atoms with Gasteiger partial charge in [-0.05, 0) is 12.1 Å². The summed E-state index contributed by atoms with van der Waals surface area (Å²) in [6, 6.07) is 10.1. The Morgan fingerprint density at radius 3 is 2.10 bits per heavy atom. The Labute approximate surface area is 113 Å². The van der Waals surface area contributed by atoms with Gasteiger partial charge in [-0.1, -0.05) is 24.3 Å². The maximum Gasteiger partial charge on any atom is 0.133 e. The van der Waals surface area contributed by atoms with E-state index in [1.54, 1.807) is 36.4 Å². The first-order chi connectivity index (χ1) is 9.69. The molecule has 0 unspecified atom stereocenters. The number of hydrazine groups is 1. The third-order valence-corrected chi connectivity index (χ3v) is 3.37. The van der Waals surface area contributed by atoms with Gasteiger partial charge >= 0.3 is 0 Å². The van der Waals surface area contributed by atoms with Crippen molar-refractivity contribution in [1.82, 2.24) is 0 Å². The highest BCUT2D eigenvalue weighted by Crippen LogP contribution is 2.47. The summed E-state index contributed by atoms with van der Waals surface area (Å²) in [5.41, 5.74) is 10.4. The number of anilines is 1. The fourth-order valence-corrected chi connectivity index (χ4v) is 2.46. The molecule has 0 heterocycles. The molecular formula is C14H12N4O2. The average molecular weight is 268 g/mol. The highest BCUT2D eigenvalue weighted by molar-refractivity contribution is 6.18. The lowest BCUT2D eigenvalue weighted by molar-refractivity contribution is 0.478. The lowest BCUT2D eigenvalue weighted by Gasteiger charge is -2.14. The van der Waals surface area contributed by atoms with Gasteiger partial charge in [0.2, 0.25) is 0 Å². The molecule has 3 aromatic rings. The van der Waals surface area contributed by atoms with Crippen molar-refractivity contribution < 1.29 is 10.2 Å². The molecular weight excluding hydrogens is 256 g/mol. The van der Waals surface area contributed by atoms with Crippen LogP contribution in [-0.2, 0) is 0 Å². The van der Waals surface area contributed by atoms with Gasteiger partial charge in [-0.15, -0.1) is 0 Å². The normalized spacial score (nSPS) is 10.8. The quantitative estimate of drug-likeness (QED) is 0.161. The van der Waals surface area contributed by atoms with Crippen LogP contribution in [0, 0.1) is 5.53 Å². The van der Waals surface area contributed by atoms with Crippen LogP contribution in [0.25, 0.3) is 21.5 Å².